The van der Waals surface area contributed by atoms with Crippen LogP contribution in [0.3, 0.4) is 0 Å². The average molecular weight is 252 g/mol. The van der Waals surface area contributed by atoms with Crippen molar-refractivity contribution in [1.82, 2.24) is 20.1 Å². The van der Waals surface area contributed by atoms with Gasteiger partial charge < -0.3 is 5.32 Å². The molecule has 1 aromatic carbocycles. The summed E-state index contributed by atoms with van der Waals surface area (Å²) >= 11 is 0. The van der Waals surface area contributed by atoms with Crippen LogP contribution in [0.1, 0.15) is 11.3 Å². The molecule has 19 heavy (non-hydrogen) atoms. The largest absolute Gasteiger partial charge is 0.307 e. The molecule has 3 aromatic rings. The lowest BCUT2D eigenvalue weighted by atomic mass is 10.1. The van der Waals surface area contributed by atoms with Crippen molar-refractivity contribution in [1.29, 1.82) is 0 Å². The van der Waals surface area contributed by atoms with E-state index in [4.69, 9.17) is 0 Å². The molecule has 0 aliphatic carbocycles. The average Bonchev–Trinajstić information content (AvgIpc) is 2.85. The van der Waals surface area contributed by atoms with E-state index in [1.165, 1.54) is 16.3 Å². The minimum absolute atomic E-state index is 0.780. The summed E-state index contributed by atoms with van der Waals surface area (Å²) in [6, 6.07) is 10.4. The fourth-order valence-electron chi connectivity index (χ4n) is 2.23. The van der Waals surface area contributed by atoms with Crippen molar-refractivity contribution in [3.05, 3.63) is 60.2 Å². The van der Waals surface area contributed by atoms with Crippen LogP contribution >= 0.6 is 0 Å². The first-order valence-electron chi connectivity index (χ1n) is 6.34. The normalized spacial score (nSPS) is 11.0. The second-order valence-corrected chi connectivity index (χ2v) is 4.60. The first-order valence-corrected chi connectivity index (χ1v) is 6.34. The van der Waals surface area contributed by atoms with E-state index < -0.39 is 0 Å². The number of rotatable bonds is 4. The molecule has 0 amide bonds. The van der Waals surface area contributed by atoms with Gasteiger partial charge in [0.15, 0.2) is 0 Å². The Kier molecular flexibility index (Phi) is 3.25. The third-order valence-corrected chi connectivity index (χ3v) is 3.16. The van der Waals surface area contributed by atoms with Gasteiger partial charge in [0.2, 0.25) is 0 Å². The maximum atomic E-state index is 4.35. The number of aryl methyl sites for hydroxylation is 1. The Morgan fingerprint density at radius 2 is 2.11 bits per heavy atom. The van der Waals surface area contributed by atoms with Gasteiger partial charge in [-0.1, -0.05) is 18.2 Å². The van der Waals surface area contributed by atoms with Crippen LogP contribution in [0.25, 0.3) is 10.8 Å². The molecule has 0 spiro atoms. The Bertz CT molecular complexity index is 682. The van der Waals surface area contributed by atoms with E-state index in [0.717, 1.165) is 18.8 Å². The molecule has 3 rings (SSSR count). The van der Waals surface area contributed by atoms with Crippen LogP contribution in [-0.4, -0.2) is 14.8 Å². The zero-order valence-electron chi connectivity index (χ0n) is 10.9. The highest BCUT2D eigenvalue weighted by Gasteiger charge is 2.01. The molecule has 0 atom stereocenters. The van der Waals surface area contributed by atoms with E-state index >= 15 is 0 Å². The van der Waals surface area contributed by atoms with Gasteiger partial charge in [0.1, 0.15) is 0 Å². The van der Waals surface area contributed by atoms with Crippen LogP contribution in [-0.2, 0) is 20.1 Å². The van der Waals surface area contributed by atoms with Gasteiger partial charge in [0.25, 0.3) is 0 Å². The van der Waals surface area contributed by atoms with Crippen molar-refractivity contribution < 1.29 is 0 Å². The molecule has 0 bridgehead atoms. The number of pyridine rings is 1. The monoisotopic (exact) mass is 252 g/mol. The molecule has 4 nitrogen and oxygen atoms in total. The Morgan fingerprint density at radius 3 is 2.95 bits per heavy atom. The lowest BCUT2D eigenvalue weighted by molar-refractivity contribution is 0.658. The van der Waals surface area contributed by atoms with Crippen molar-refractivity contribution in [2.24, 2.45) is 7.05 Å². The van der Waals surface area contributed by atoms with Gasteiger partial charge in [0, 0.05) is 44.1 Å². The first kappa shape index (κ1) is 11.9. The minimum Gasteiger partial charge on any atom is -0.307 e. The second-order valence-electron chi connectivity index (χ2n) is 4.60. The Morgan fingerprint density at radius 1 is 1.16 bits per heavy atom. The summed E-state index contributed by atoms with van der Waals surface area (Å²) in [6.07, 6.45) is 5.70. The van der Waals surface area contributed by atoms with Gasteiger partial charge in [-0.15, -0.1) is 0 Å². The molecule has 2 aromatic heterocycles. The molecule has 4 heteroatoms. The van der Waals surface area contributed by atoms with Crippen molar-refractivity contribution in [3.63, 3.8) is 0 Å². The lowest BCUT2D eigenvalue weighted by Gasteiger charge is -2.07. The molecule has 2 heterocycles. The second kappa shape index (κ2) is 5.20. The number of hydrogen-bond acceptors (Lipinski definition) is 3. The fraction of sp³-hybridized carbons (Fsp3) is 0.200. The van der Waals surface area contributed by atoms with E-state index in [2.05, 4.69) is 39.7 Å². The van der Waals surface area contributed by atoms with Gasteiger partial charge in [-0.05, 0) is 23.1 Å². The predicted octanol–water partition coefficient (Wildman–Crippen LogP) is 2.26. The van der Waals surface area contributed by atoms with E-state index in [1.807, 2.05) is 36.4 Å². The molecule has 0 saturated carbocycles. The molecule has 0 aliphatic heterocycles. The summed E-state index contributed by atoms with van der Waals surface area (Å²) in [7, 11) is 1.93. The van der Waals surface area contributed by atoms with Gasteiger partial charge in [-0.25, -0.2) is 0 Å². The topological polar surface area (TPSA) is 42.7 Å². The van der Waals surface area contributed by atoms with Crippen LogP contribution in [0.4, 0.5) is 0 Å². The highest BCUT2D eigenvalue weighted by molar-refractivity contribution is 5.84. The summed E-state index contributed by atoms with van der Waals surface area (Å²) in [6.45, 7) is 1.61. The first-order chi connectivity index (χ1) is 9.33. The maximum Gasteiger partial charge on any atom is 0.0762 e. The van der Waals surface area contributed by atoms with Gasteiger partial charge in [-0.2, -0.15) is 5.10 Å². The summed E-state index contributed by atoms with van der Waals surface area (Å²) in [5, 5.41) is 10.2. The van der Waals surface area contributed by atoms with Crippen LogP contribution in [0, 0.1) is 0 Å². The van der Waals surface area contributed by atoms with Crippen molar-refractivity contribution in [3.8, 4) is 0 Å². The highest BCUT2D eigenvalue weighted by Crippen LogP contribution is 2.17. The minimum atomic E-state index is 0.780. The number of fused-ring (bicyclic) bond motifs is 1. The van der Waals surface area contributed by atoms with E-state index in [9.17, 15) is 0 Å². The predicted molar refractivity (Wildman–Crippen MR) is 75.5 cm³/mol. The number of aromatic nitrogens is 3. The Labute approximate surface area is 112 Å². The molecule has 0 unspecified atom stereocenters. The molecule has 0 radical (unpaired) electrons. The summed E-state index contributed by atoms with van der Waals surface area (Å²) in [4.78, 5) is 4.15. The molecule has 0 saturated heterocycles. The zero-order chi connectivity index (χ0) is 13.1. The molecular weight excluding hydrogens is 236 g/mol. The van der Waals surface area contributed by atoms with E-state index in [1.54, 1.807) is 0 Å². The highest BCUT2D eigenvalue weighted by atomic mass is 15.3. The van der Waals surface area contributed by atoms with Crippen LogP contribution in [0.2, 0.25) is 0 Å². The molecular formula is C15H16N4. The van der Waals surface area contributed by atoms with E-state index in [-0.39, 0.29) is 0 Å². The molecule has 0 fully saturated rings. The maximum absolute atomic E-state index is 4.35. The lowest BCUT2D eigenvalue weighted by Crippen LogP contribution is -2.13. The van der Waals surface area contributed by atoms with Crippen molar-refractivity contribution in [2.75, 3.05) is 0 Å². The third-order valence-electron chi connectivity index (χ3n) is 3.16. The van der Waals surface area contributed by atoms with Crippen LogP contribution in [0.15, 0.2) is 48.9 Å². The Hall–Kier alpha value is -2.20. The Balaban J connectivity index is 1.71. The van der Waals surface area contributed by atoms with Gasteiger partial charge in [-0.3, -0.25) is 9.67 Å². The van der Waals surface area contributed by atoms with Gasteiger partial charge >= 0.3 is 0 Å². The van der Waals surface area contributed by atoms with Crippen molar-refractivity contribution >= 4 is 10.8 Å². The summed E-state index contributed by atoms with van der Waals surface area (Å²) < 4.78 is 1.82. The quantitative estimate of drug-likeness (QED) is 0.774. The fourth-order valence-corrected chi connectivity index (χ4v) is 2.23. The van der Waals surface area contributed by atoms with Crippen molar-refractivity contribution in [2.45, 2.75) is 13.1 Å². The summed E-state index contributed by atoms with van der Waals surface area (Å²) in [5.41, 5.74) is 2.35. The number of hydrogen-bond donors (Lipinski definition) is 1. The number of benzene rings is 1. The number of nitrogens with zero attached hydrogens (tertiary/aromatic N) is 3. The summed E-state index contributed by atoms with van der Waals surface area (Å²) in [5.74, 6) is 0. The number of nitrogens with one attached hydrogen (secondary N) is 1. The zero-order valence-corrected chi connectivity index (χ0v) is 10.9. The van der Waals surface area contributed by atoms with Crippen LogP contribution < -0.4 is 5.32 Å². The smallest absolute Gasteiger partial charge is 0.0762 e. The molecule has 96 valence electrons. The third kappa shape index (κ3) is 2.63. The van der Waals surface area contributed by atoms with Gasteiger partial charge in [0.05, 0.1) is 5.69 Å². The molecule has 0 aliphatic rings. The standard InChI is InChI=1S/C15H16N4/c1-19-8-6-14(18-19)11-17-10-13-4-2-3-12-9-16-7-5-15(12)13/h2-9,17H,10-11H2,1H3. The van der Waals surface area contributed by atoms with E-state index in [0.29, 0.717) is 0 Å². The molecule has 1 N–H and O–H groups in total. The SMILES string of the molecule is Cn1ccc(CNCc2cccc3cnccc23)n1. The van der Waals surface area contributed by atoms with Crippen LogP contribution in [0.5, 0.6) is 0 Å².